The maximum Gasteiger partial charge on any atom is 0.306 e. The van der Waals surface area contributed by atoms with Crippen LogP contribution in [-0.2, 0) is 30.5 Å². The van der Waals surface area contributed by atoms with Crippen LogP contribution in [0.3, 0.4) is 0 Å². The Labute approximate surface area is 184 Å². The van der Waals surface area contributed by atoms with Gasteiger partial charge >= 0.3 is 5.97 Å². The molecule has 0 aliphatic heterocycles. The minimum Gasteiger partial charge on any atom is -0.466 e. The van der Waals surface area contributed by atoms with Crippen molar-refractivity contribution in [3.63, 3.8) is 0 Å². The molecule has 0 aliphatic rings. The number of nitro benzene ring substituents is 1. The summed E-state index contributed by atoms with van der Waals surface area (Å²) in [6, 6.07) is 13.3. The van der Waals surface area contributed by atoms with Gasteiger partial charge in [0.05, 0.1) is 24.6 Å². The Morgan fingerprint density at radius 2 is 1.75 bits per heavy atom. The van der Waals surface area contributed by atoms with Gasteiger partial charge in [-0.3, -0.25) is 24.5 Å². The largest absolute Gasteiger partial charge is 0.466 e. The summed E-state index contributed by atoms with van der Waals surface area (Å²) >= 11 is 0. The smallest absolute Gasteiger partial charge is 0.306 e. The fourth-order valence-electron chi connectivity index (χ4n) is 3.09. The first-order valence-corrected chi connectivity index (χ1v) is 9.92. The zero-order valence-electron chi connectivity index (χ0n) is 17.6. The SMILES string of the molecule is CCOC(=O)C[C@@H](c1ccc([N+](=O)[O-])cc1)[C@@H](NC(=O)COCc1ccccc1)C(N)=O. The van der Waals surface area contributed by atoms with Crippen LogP contribution < -0.4 is 11.1 Å². The van der Waals surface area contributed by atoms with Gasteiger partial charge in [-0.05, 0) is 18.1 Å². The van der Waals surface area contributed by atoms with Crippen LogP contribution in [0.1, 0.15) is 30.4 Å². The monoisotopic (exact) mass is 443 g/mol. The molecule has 0 radical (unpaired) electrons. The summed E-state index contributed by atoms with van der Waals surface area (Å²) in [7, 11) is 0. The molecule has 2 aromatic rings. The molecule has 0 saturated carbocycles. The molecule has 32 heavy (non-hydrogen) atoms. The van der Waals surface area contributed by atoms with Crippen LogP contribution in [0.4, 0.5) is 5.69 Å². The Kier molecular flexibility index (Phi) is 9.30. The van der Waals surface area contributed by atoms with Gasteiger partial charge in [0, 0.05) is 18.1 Å². The van der Waals surface area contributed by atoms with Crippen molar-refractivity contribution in [1.29, 1.82) is 0 Å². The quantitative estimate of drug-likeness (QED) is 0.288. The fourth-order valence-corrected chi connectivity index (χ4v) is 3.09. The molecule has 0 fully saturated rings. The van der Waals surface area contributed by atoms with Crippen molar-refractivity contribution in [3.8, 4) is 0 Å². The van der Waals surface area contributed by atoms with Crippen LogP contribution in [0.2, 0.25) is 0 Å². The predicted molar refractivity (Wildman–Crippen MR) is 114 cm³/mol. The number of non-ortho nitro benzene ring substituents is 1. The number of primary amides is 1. The van der Waals surface area contributed by atoms with Gasteiger partial charge in [-0.25, -0.2) is 0 Å². The van der Waals surface area contributed by atoms with Crippen LogP contribution in [0, 0.1) is 10.1 Å². The molecule has 0 unspecified atom stereocenters. The van der Waals surface area contributed by atoms with E-state index in [2.05, 4.69) is 5.32 Å². The average molecular weight is 443 g/mol. The van der Waals surface area contributed by atoms with E-state index in [0.717, 1.165) is 5.56 Å². The Morgan fingerprint density at radius 1 is 1.09 bits per heavy atom. The molecule has 0 heterocycles. The molecule has 170 valence electrons. The lowest BCUT2D eigenvalue weighted by Gasteiger charge is -2.25. The third-order valence-corrected chi connectivity index (χ3v) is 4.59. The highest BCUT2D eigenvalue weighted by Crippen LogP contribution is 2.26. The number of hydrogen-bond donors (Lipinski definition) is 2. The standard InChI is InChI=1S/C22H25N3O7/c1-2-32-20(27)12-18(16-8-10-17(11-9-16)25(29)30)21(22(23)28)24-19(26)14-31-13-15-6-4-3-5-7-15/h3-11,18,21H,2,12-14H2,1H3,(H2,23,28)(H,24,26)/t18-,21+/m0/s1. The first-order chi connectivity index (χ1) is 15.3. The van der Waals surface area contributed by atoms with E-state index in [1.54, 1.807) is 6.92 Å². The van der Waals surface area contributed by atoms with Crippen molar-refractivity contribution in [2.75, 3.05) is 13.2 Å². The molecule has 2 atom stereocenters. The predicted octanol–water partition coefficient (Wildman–Crippen LogP) is 1.82. The van der Waals surface area contributed by atoms with E-state index in [4.69, 9.17) is 15.2 Å². The second-order valence-electron chi connectivity index (χ2n) is 6.89. The second-order valence-corrected chi connectivity index (χ2v) is 6.89. The number of rotatable bonds is 12. The zero-order chi connectivity index (χ0) is 23.5. The molecule has 0 saturated heterocycles. The van der Waals surface area contributed by atoms with Crippen LogP contribution in [0.15, 0.2) is 54.6 Å². The summed E-state index contributed by atoms with van der Waals surface area (Å²) < 4.78 is 10.3. The van der Waals surface area contributed by atoms with E-state index >= 15 is 0 Å². The molecule has 0 spiro atoms. The number of hydrogen-bond acceptors (Lipinski definition) is 7. The second kappa shape index (κ2) is 12.2. The van der Waals surface area contributed by atoms with Gasteiger partial charge in [0.15, 0.2) is 0 Å². The van der Waals surface area contributed by atoms with Crippen LogP contribution in [0.5, 0.6) is 0 Å². The summed E-state index contributed by atoms with van der Waals surface area (Å²) in [5.74, 6) is -2.95. The number of benzene rings is 2. The molecule has 2 aromatic carbocycles. The number of amides is 2. The molecule has 0 aromatic heterocycles. The van der Waals surface area contributed by atoms with Crippen molar-refractivity contribution in [1.82, 2.24) is 5.32 Å². The number of carbonyl (C=O) groups is 3. The maximum atomic E-state index is 12.4. The average Bonchev–Trinajstić information content (AvgIpc) is 2.77. The Hall–Kier alpha value is -3.79. The third kappa shape index (κ3) is 7.47. The molecule has 0 aliphatic carbocycles. The topological polar surface area (TPSA) is 151 Å². The highest BCUT2D eigenvalue weighted by molar-refractivity contribution is 5.88. The van der Waals surface area contributed by atoms with Gasteiger partial charge in [-0.2, -0.15) is 0 Å². The summed E-state index contributed by atoms with van der Waals surface area (Å²) in [5.41, 5.74) is 6.65. The molecule has 2 amide bonds. The zero-order valence-corrected chi connectivity index (χ0v) is 17.6. The highest BCUT2D eigenvalue weighted by atomic mass is 16.6. The molecule has 0 bridgehead atoms. The number of nitrogens with one attached hydrogen (secondary N) is 1. The Morgan fingerprint density at radius 3 is 2.31 bits per heavy atom. The molecular formula is C22H25N3O7. The summed E-state index contributed by atoms with van der Waals surface area (Å²) in [5, 5.41) is 13.4. The molecular weight excluding hydrogens is 418 g/mol. The van der Waals surface area contributed by atoms with E-state index in [-0.39, 0.29) is 31.9 Å². The van der Waals surface area contributed by atoms with Gasteiger partial charge in [-0.1, -0.05) is 42.5 Å². The highest BCUT2D eigenvalue weighted by Gasteiger charge is 2.32. The van der Waals surface area contributed by atoms with Crippen molar-refractivity contribution in [3.05, 3.63) is 75.8 Å². The Balaban J connectivity index is 2.14. The summed E-state index contributed by atoms with van der Waals surface area (Å²) in [6.45, 7) is 1.64. The first-order valence-electron chi connectivity index (χ1n) is 9.92. The Bertz CT molecular complexity index is 932. The van der Waals surface area contributed by atoms with Crippen LogP contribution in [-0.4, -0.2) is 42.0 Å². The van der Waals surface area contributed by atoms with Crippen molar-refractivity contribution in [2.24, 2.45) is 5.73 Å². The number of carbonyl (C=O) groups excluding carboxylic acids is 3. The van der Waals surface area contributed by atoms with Crippen LogP contribution in [0.25, 0.3) is 0 Å². The summed E-state index contributed by atoms with van der Waals surface area (Å²) in [6.07, 6.45) is -0.260. The van der Waals surface area contributed by atoms with Crippen LogP contribution >= 0.6 is 0 Å². The minimum absolute atomic E-state index is 0.132. The first kappa shape index (κ1) is 24.5. The molecule has 10 heteroatoms. The number of nitrogens with zero attached hydrogens (tertiary/aromatic N) is 1. The lowest BCUT2D eigenvalue weighted by atomic mass is 9.87. The number of esters is 1. The third-order valence-electron chi connectivity index (χ3n) is 4.59. The van der Waals surface area contributed by atoms with Crippen molar-refractivity contribution >= 4 is 23.5 Å². The van der Waals surface area contributed by atoms with E-state index < -0.39 is 34.7 Å². The van der Waals surface area contributed by atoms with Gasteiger partial charge in [0.25, 0.3) is 5.69 Å². The lowest BCUT2D eigenvalue weighted by Crippen LogP contribution is -2.49. The molecule has 2 rings (SSSR count). The fraction of sp³-hybridized carbons (Fsp3) is 0.318. The van der Waals surface area contributed by atoms with Gasteiger partial charge < -0.3 is 20.5 Å². The van der Waals surface area contributed by atoms with E-state index in [0.29, 0.717) is 5.56 Å². The van der Waals surface area contributed by atoms with Gasteiger partial charge in [0.2, 0.25) is 11.8 Å². The number of ether oxygens (including phenoxy) is 2. The van der Waals surface area contributed by atoms with Gasteiger partial charge in [0.1, 0.15) is 12.6 Å². The maximum absolute atomic E-state index is 12.4. The van der Waals surface area contributed by atoms with Gasteiger partial charge in [-0.15, -0.1) is 0 Å². The van der Waals surface area contributed by atoms with Crippen molar-refractivity contribution < 1.29 is 28.8 Å². The normalized spacial score (nSPS) is 12.4. The molecule has 3 N–H and O–H groups in total. The molecule has 10 nitrogen and oxygen atoms in total. The van der Waals surface area contributed by atoms with E-state index in [1.807, 2.05) is 30.3 Å². The number of nitro groups is 1. The number of nitrogens with two attached hydrogens (primary N) is 1. The minimum atomic E-state index is -1.26. The van der Waals surface area contributed by atoms with E-state index in [1.165, 1.54) is 24.3 Å². The van der Waals surface area contributed by atoms with E-state index in [9.17, 15) is 24.5 Å². The summed E-state index contributed by atoms with van der Waals surface area (Å²) in [4.78, 5) is 47.0. The lowest BCUT2D eigenvalue weighted by molar-refractivity contribution is -0.384. The van der Waals surface area contributed by atoms with Crippen molar-refractivity contribution in [2.45, 2.75) is 31.9 Å².